The quantitative estimate of drug-likeness (QED) is 0.201. The second-order valence-corrected chi connectivity index (χ2v) is 8.21. The van der Waals surface area contributed by atoms with E-state index < -0.39 is 18.3 Å². The molecular formula is C23H34FNO5. The minimum absolute atomic E-state index is 0.0107. The molecule has 0 heterocycles. The van der Waals surface area contributed by atoms with E-state index in [0.29, 0.717) is 37.7 Å². The van der Waals surface area contributed by atoms with Gasteiger partial charge < -0.3 is 15.3 Å². The Labute approximate surface area is 177 Å². The van der Waals surface area contributed by atoms with Crippen LogP contribution in [0.2, 0.25) is 0 Å². The number of amides is 1. The van der Waals surface area contributed by atoms with E-state index in [1.807, 2.05) is 0 Å². The van der Waals surface area contributed by atoms with Crippen molar-refractivity contribution in [2.24, 2.45) is 11.8 Å². The summed E-state index contributed by atoms with van der Waals surface area (Å²) >= 11 is 0. The minimum atomic E-state index is -0.743. The SMILES string of the molecule is O=C(CCCCCC[C@@H]1[C@@H](CCC(O)/C=C/c2ccccc2F)[C@H](O)C[C@@H]1O)NO. The highest BCUT2D eigenvalue weighted by molar-refractivity contribution is 5.74. The van der Waals surface area contributed by atoms with Gasteiger partial charge in [-0.15, -0.1) is 0 Å². The number of benzene rings is 1. The van der Waals surface area contributed by atoms with Gasteiger partial charge in [0.15, 0.2) is 0 Å². The van der Waals surface area contributed by atoms with Crippen molar-refractivity contribution in [3.8, 4) is 0 Å². The lowest BCUT2D eigenvalue weighted by Crippen LogP contribution is -2.23. The summed E-state index contributed by atoms with van der Waals surface area (Å²) in [6.45, 7) is 0. The van der Waals surface area contributed by atoms with Crippen LogP contribution in [-0.2, 0) is 4.79 Å². The molecule has 1 fully saturated rings. The van der Waals surface area contributed by atoms with E-state index >= 15 is 0 Å². The monoisotopic (exact) mass is 423 g/mol. The first-order valence-electron chi connectivity index (χ1n) is 10.8. The summed E-state index contributed by atoms with van der Waals surface area (Å²) in [6.07, 6.45) is 7.09. The molecule has 1 saturated carbocycles. The van der Waals surface area contributed by atoms with E-state index in [9.17, 15) is 24.5 Å². The van der Waals surface area contributed by atoms with Gasteiger partial charge in [0, 0.05) is 12.0 Å². The summed E-state index contributed by atoms with van der Waals surface area (Å²) in [6, 6.07) is 6.36. The van der Waals surface area contributed by atoms with Crippen molar-refractivity contribution < 1.29 is 29.7 Å². The normalized spacial score (nSPS) is 25.0. The Hall–Kier alpha value is -1.80. The largest absolute Gasteiger partial charge is 0.393 e. The summed E-state index contributed by atoms with van der Waals surface area (Å²) in [5, 5.41) is 39.4. The second kappa shape index (κ2) is 12.8. The molecule has 1 amide bonds. The average Bonchev–Trinajstić information content (AvgIpc) is 3.00. The van der Waals surface area contributed by atoms with Crippen molar-refractivity contribution >= 4 is 12.0 Å². The highest BCUT2D eigenvalue weighted by Gasteiger charge is 2.40. The van der Waals surface area contributed by atoms with Crippen LogP contribution in [-0.4, -0.2) is 44.7 Å². The Morgan fingerprint density at radius 2 is 1.77 bits per heavy atom. The van der Waals surface area contributed by atoms with Crippen LogP contribution in [0.1, 0.15) is 63.4 Å². The van der Waals surface area contributed by atoms with Gasteiger partial charge in [-0.1, -0.05) is 49.6 Å². The van der Waals surface area contributed by atoms with E-state index in [4.69, 9.17) is 5.21 Å². The van der Waals surface area contributed by atoms with Gasteiger partial charge in [-0.05, 0) is 50.0 Å². The van der Waals surface area contributed by atoms with Crippen LogP contribution >= 0.6 is 0 Å². The first kappa shape index (κ1) is 24.5. The molecule has 1 unspecified atom stereocenters. The summed E-state index contributed by atoms with van der Waals surface area (Å²) in [7, 11) is 0. The van der Waals surface area contributed by atoms with Crippen molar-refractivity contribution in [3.63, 3.8) is 0 Å². The molecule has 0 aliphatic heterocycles. The lowest BCUT2D eigenvalue weighted by Gasteiger charge is -2.24. The fraction of sp³-hybridized carbons (Fsp3) is 0.609. The molecule has 5 atom stereocenters. The molecule has 7 heteroatoms. The van der Waals surface area contributed by atoms with E-state index in [1.54, 1.807) is 35.8 Å². The smallest absolute Gasteiger partial charge is 0.243 e. The zero-order valence-corrected chi connectivity index (χ0v) is 17.3. The molecule has 0 saturated heterocycles. The highest BCUT2D eigenvalue weighted by atomic mass is 19.1. The van der Waals surface area contributed by atoms with Crippen molar-refractivity contribution in [3.05, 3.63) is 41.7 Å². The number of nitrogens with one attached hydrogen (secondary N) is 1. The third kappa shape index (κ3) is 7.80. The second-order valence-electron chi connectivity index (χ2n) is 8.21. The van der Waals surface area contributed by atoms with Crippen LogP contribution in [0.3, 0.4) is 0 Å². The molecule has 1 aliphatic carbocycles. The van der Waals surface area contributed by atoms with E-state index in [0.717, 1.165) is 25.7 Å². The lowest BCUT2D eigenvalue weighted by atomic mass is 9.85. The lowest BCUT2D eigenvalue weighted by molar-refractivity contribution is -0.129. The number of halogens is 1. The number of hydrogen-bond donors (Lipinski definition) is 5. The van der Waals surface area contributed by atoms with Gasteiger partial charge in [-0.2, -0.15) is 0 Å². The van der Waals surface area contributed by atoms with Crippen molar-refractivity contribution in [1.29, 1.82) is 0 Å². The Bertz CT molecular complexity index is 683. The van der Waals surface area contributed by atoms with Crippen molar-refractivity contribution in [1.82, 2.24) is 5.48 Å². The summed E-state index contributed by atoms with van der Waals surface area (Å²) in [4.78, 5) is 11.0. The predicted molar refractivity (Wildman–Crippen MR) is 112 cm³/mol. The molecule has 1 aromatic rings. The highest BCUT2D eigenvalue weighted by Crippen LogP contribution is 2.39. The van der Waals surface area contributed by atoms with E-state index in [1.165, 1.54) is 6.07 Å². The van der Waals surface area contributed by atoms with Gasteiger partial charge in [-0.3, -0.25) is 10.0 Å². The Morgan fingerprint density at radius 3 is 2.47 bits per heavy atom. The molecule has 0 bridgehead atoms. The van der Waals surface area contributed by atoms with Gasteiger partial charge in [0.05, 0.1) is 18.3 Å². The zero-order chi connectivity index (χ0) is 21.9. The molecule has 168 valence electrons. The summed E-state index contributed by atoms with van der Waals surface area (Å²) in [5.41, 5.74) is 2.04. The van der Waals surface area contributed by atoms with Crippen LogP contribution in [0.5, 0.6) is 0 Å². The third-order valence-electron chi connectivity index (χ3n) is 6.04. The molecule has 0 spiro atoms. The molecule has 30 heavy (non-hydrogen) atoms. The standard InChI is InChI=1S/C23H34FNO5/c24-20-9-6-5-7-16(20)11-12-17(26)13-14-19-18(21(27)15-22(19)28)8-3-1-2-4-10-23(29)25-30/h5-7,9,11-12,17-19,21-22,26-28,30H,1-4,8,10,13-15H2,(H,25,29)/b12-11+/t17?,18-,19-,21+,22-/m1/s1. The molecule has 1 aliphatic rings. The van der Waals surface area contributed by atoms with E-state index in [2.05, 4.69) is 0 Å². The number of hydrogen-bond acceptors (Lipinski definition) is 5. The first-order chi connectivity index (χ1) is 14.4. The Kier molecular flexibility index (Phi) is 10.4. The van der Waals surface area contributed by atoms with Crippen LogP contribution in [0.25, 0.3) is 6.08 Å². The fourth-order valence-corrected chi connectivity index (χ4v) is 4.34. The van der Waals surface area contributed by atoms with Crippen LogP contribution in [0.4, 0.5) is 4.39 Å². The Morgan fingerprint density at radius 1 is 1.10 bits per heavy atom. The number of carbonyl (C=O) groups excluding carboxylic acids is 1. The van der Waals surface area contributed by atoms with E-state index in [-0.39, 0.29) is 23.6 Å². The topological polar surface area (TPSA) is 110 Å². The molecular weight excluding hydrogens is 389 g/mol. The maximum absolute atomic E-state index is 13.6. The number of aliphatic hydroxyl groups is 3. The van der Waals surface area contributed by atoms with Gasteiger partial charge in [-0.25, -0.2) is 9.87 Å². The summed E-state index contributed by atoms with van der Waals surface area (Å²) < 4.78 is 13.6. The number of carbonyl (C=O) groups is 1. The van der Waals surface area contributed by atoms with Crippen molar-refractivity contribution in [2.75, 3.05) is 0 Å². The molecule has 5 N–H and O–H groups in total. The van der Waals surface area contributed by atoms with Crippen molar-refractivity contribution in [2.45, 2.75) is 76.1 Å². The number of unbranched alkanes of at least 4 members (excludes halogenated alkanes) is 3. The van der Waals surface area contributed by atoms with Gasteiger partial charge in [0.25, 0.3) is 0 Å². The molecule has 6 nitrogen and oxygen atoms in total. The maximum Gasteiger partial charge on any atom is 0.243 e. The molecule has 0 radical (unpaired) electrons. The third-order valence-corrected chi connectivity index (χ3v) is 6.04. The average molecular weight is 424 g/mol. The minimum Gasteiger partial charge on any atom is -0.393 e. The predicted octanol–water partition coefficient (Wildman–Crippen LogP) is 3.18. The first-order valence-corrected chi connectivity index (χ1v) is 10.8. The number of rotatable bonds is 12. The van der Waals surface area contributed by atoms with Gasteiger partial charge in [0.2, 0.25) is 5.91 Å². The Balaban J connectivity index is 1.75. The fourth-order valence-electron chi connectivity index (χ4n) is 4.34. The van der Waals surface area contributed by atoms with Crippen LogP contribution < -0.4 is 5.48 Å². The summed E-state index contributed by atoms with van der Waals surface area (Å²) in [5.74, 6) is -0.806. The molecule has 0 aromatic heterocycles. The van der Waals surface area contributed by atoms with Crippen LogP contribution in [0.15, 0.2) is 30.3 Å². The zero-order valence-electron chi connectivity index (χ0n) is 17.3. The number of aliphatic hydroxyl groups excluding tert-OH is 3. The van der Waals surface area contributed by atoms with Gasteiger partial charge in [0.1, 0.15) is 5.82 Å². The number of hydroxylamine groups is 1. The maximum atomic E-state index is 13.6. The van der Waals surface area contributed by atoms with Gasteiger partial charge >= 0.3 is 0 Å². The molecule has 1 aromatic carbocycles. The molecule has 2 rings (SSSR count). The van der Waals surface area contributed by atoms with Crippen LogP contribution in [0, 0.1) is 17.7 Å².